The fourth-order valence-corrected chi connectivity index (χ4v) is 2.55. The van der Waals surface area contributed by atoms with Crippen molar-refractivity contribution in [3.05, 3.63) is 62.2 Å². The van der Waals surface area contributed by atoms with Gasteiger partial charge in [-0.1, -0.05) is 0 Å². The molecule has 0 spiro atoms. The van der Waals surface area contributed by atoms with E-state index in [0.29, 0.717) is 0 Å². The monoisotopic (exact) mass is 404 g/mol. The minimum atomic E-state index is -0.748. The molecule has 1 aliphatic rings. The molecule has 0 saturated carbocycles. The van der Waals surface area contributed by atoms with Gasteiger partial charge in [-0.15, -0.1) is 0 Å². The number of benzene rings is 1. The van der Waals surface area contributed by atoms with E-state index in [1.165, 1.54) is 12.3 Å². The van der Waals surface area contributed by atoms with Crippen LogP contribution in [0.3, 0.4) is 0 Å². The SMILES string of the molecule is O=C(CN1C(=O)c2ccc([N+](=O)[O-])cc2C1=O)Nc1ccc(Br)cn1. The van der Waals surface area contributed by atoms with E-state index in [4.69, 9.17) is 0 Å². The zero-order valence-electron chi connectivity index (χ0n) is 12.4. The van der Waals surface area contributed by atoms with Crippen molar-refractivity contribution in [2.45, 2.75) is 0 Å². The predicted octanol–water partition coefficient (Wildman–Crippen LogP) is 1.99. The average Bonchev–Trinajstić information content (AvgIpc) is 2.81. The molecule has 3 rings (SSSR count). The summed E-state index contributed by atoms with van der Waals surface area (Å²) >= 11 is 3.21. The number of halogens is 1. The highest BCUT2D eigenvalue weighted by Gasteiger charge is 2.37. The molecule has 25 heavy (non-hydrogen) atoms. The van der Waals surface area contributed by atoms with Crippen LogP contribution >= 0.6 is 15.9 Å². The van der Waals surface area contributed by atoms with Gasteiger partial charge >= 0.3 is 0 Å². The van der Waals surface area contributed by atoms with Crippen LogP contribution in [0.4, 0.5) is 11.5 Å². The molecule has 1 aromatic carbocycles. The van der Waals surface area contributed by atoms with Crippen LogP contribution in [0.2, 0.25) is 0 Å². The third kappa shape index (κ3) is 3.24. The second-order valence-corrected chi connectivity index (χ2v) is 6.01. The third-order valence-electron chi connectivity index (χ3n) is 3.46. The fraction of sp³-hybridized carbons (Fsp3) is 0.0667. The number of rotatable bonds is 4. The second kappa shape index (κ2) is 6.40. The Bertz CT molecular complexity index is 913. The number of fused-ring (bicyclic) bond motifs is 1. The first-order valence-corrected chi connectivity index (χ1v) is 7.72. The molecule has 1 N–H and O–H groups in total. The summed E-state index contributed by atoms with van der Waals surface area (Å²) in [5, 5.41) is 13.3. The summed E-state index contributed by atoms with van der Waals surface area (Å²) in [5.74, 6) is -1.77. The van der Waals surface area contributed by atoms with Crippen LogP contribution in [0.5, 0.6) is 0 Å². The predicted molar refractivity (Wildman–Crippen MR) is 89.0 cm³/mol. The van der Waals surface area contributed by atoms with Gasteiger partial charge in [-0.3, -0.25) is 29.4 Å². The van der Waals surface area contributed by atoms with E-state index in [1.54, 1.807) is 12.1 Å². The van der Waals surface area contributed by atoms with E-state index in [2.05, 4.69) is 26.2 Å². The topological polar surface area (TPSA) is 123 Å². The number of nitro benzene ring substituents is 1. The molecule has 2 heterocycles. The number of carbonyl (C=O) groups is 3. The first kappa shape index (κ1) is 16.7. The molecule has 3 amide bonds. The molecule has 0 radical (unpaired) electrons. The van der Waals surface area contributed by atoms with Crippen LogP contribution in [0.1, 0.15) is 20.7 Å². The van der Waals surface area contributed by atoms with Crippen LogP contribution in [0.15, 0.2) is 41.0 Å². The minimum absolute atomic E-state index is 0.0326. The van der Waals surface area contributed by atoms with Gasteiger partial charge in [0, 0.05) is 22.8 Å². The molecule has 10 heteroatoms. The lowest BCUT2D eigenvalue weighted by molar-refractivity contribution is -0.384. The molecule has 0 atom stereocenters. The van der Waals surface area contributed by atoms with E-state index < -0.39 is 29.2 Å². The average molecular weight is 405 g/mol. The summed E-state index contributed by atoms with van der Waals surface area (Å²) in [7, 11) is 0. The molecule has 1 aromatic heterocycles. The Morgan fingerprint density at radius 3 is 2.56 bits per heavy atom. The van der Waals surface area contributed by atoms with Crippen molar-refractivity contribution < 1.29 is 19.3 Å². The molecular weight excluding hydrogens is 396 g/mol. The summed E-state index contributed by atoms with van der Waals surface area (Å²) in [6, 6.07) is 6.60. The zero-order valence-corrected chi connectivity index (χ0v) is 14.0. The number of imide groups is 1. The molecule has 2 aromatic rings. The number of hydrogen-bond donors (Lipinski definition) is 1. The fourth-order valence-electron chi connectivity index (χ4n) is 2.31. The number of non-ortho nitro benzene ring substituents is 1. The lowest BCUT2D eigenvalue weighted by atomic mass is 10.1. The maximum atomic E-state index is 12.3. The molecule has 9 nitrogen and oxygen atoms in total. The van der Waals surface area contributed by atoms with Crippen molar-refractivity contribution in [3.8, 4) is 0 Å². The van der Waals surface area contributed by atoms with Gasteiger partial charge in [0.2, 0.25) is 5.91 Å². The zero-order chi connectivity index (χ0) is 18.1. The minimum Gasteiger partial charge on any atom is -0.309 e. The van der Waals surface area contributed by atoms with E-state index in [9.17, 15) is 24.5 Å². The van der Waals surface area contributed by atoms with Crippen LogP contribution < -0.4 is 5.32 Å². The van der Waals surface area contributed by atoms with E-state index in [-0.39, 0.29) is 22.6 Å². The molecule has 126 valence electrons. The van der Waals surface area contributed by atoms with Crippen molar-refractivity contribution in [1.29, 1.82) is 0 Å². The number of nitro groups is 1. The first-order valence-electron chi connectivity index (χ1n) is 6.93. The summed E-state index contributed by atoms with van der Waals surface area (Å²) in [6.07, 6.45) is 1.48. The van der Waals surface area contributed by atoms with Gasteiger partial charge in [0.25, 0.3) is 17.5 Å². The summed E-state index contributed by atoms with van der Waals surface area (Å²) in [5.41, 5.74) is -0.357. The Labute approximate surface area is 148 Å². The molecule has 0 bridgehead atoms. The highest BCUT2D eigenvalue weighted by atomic mass is 79.9. The van der Waals surface area contributed by atoms with Gasteiger partial charge in [-0.2, -0.15) is 0 Å². The lowest BCUT2D eigenvalue weighted by Crippen LogP contribution is -2.37. The molecule has 0 fully saturated rings. The molecule has 0 aliphatic carbocycles. The summed E-state index contributed by atoms with van der Waals surface area (Å²) in [6.45, 7) is -0.516. The van der Waals surface area contributed by atoms with Gasteiger partial charge in [0.1, 0.15) is 12.4 Å². The second-order valence-electron chi connectivity index (χ2n) is 5.09. The van der Waals surface area contributed by atoms with E-state index in [0.717, 1.165) is 21.5 Å². The van der Waals surface area contributed by atoms with Gasteiger partial charge in [-0.05, 0) is 34.1 Å². The summed E-state index contributed by atoms with van der Waals surface area (Å²) in [4.78, 5) is 51.4. The number of pyridine rings is 1. The van der Waals surface area contributed by atoms with Crippen molar-refractivity contribution in [2.24, 2.45) is 0 Å². The molecule has 0 unspecified atom stereocenters. The molecular formula is C15H9BrN4O5. The van der Waals surface area contributed by atoms with Crippen molar-refractivity contribution >= 4 is 45.2 Å². The van der Waals surface area contributed by atoms with Crippen molar-refractivity contribution in [2.75, 3.05) is 11.9 Å². The summed E-state index contributed by atoms with van der Waals surface area (Å²) < 4.78 is 0.729. The van der Waals surface area contributed by atoms with E-state index >= 15 is 0 Å². The third-order valence-corrected chi connectivity index (χ3v) is 3.93. The maximum Gasteiger partial charge on any atom is 0.270 e. The quantitative estimate of drug-likeness (QED) is 0.472. The maximum absolute atomic E-state index is 12.3. The number of amides is 3. The van der Waals surface area contributed by atoms with Gasteiger partial charge in [-0.25, -0.2) is 4.98 Å². The highest BCUT2D eigenvalue weighted by Crippen LogP contribution is 2.26. The first-order chi connectivity index (χ1) is 11.9. The number of carbonyl (C=O) groups excluding carboxylic acids is 3. The number of anilines is 1. The van der Waals surface area contributed by atoms with Crippen molar-refractivity contribution in [1.82, 2.24) is 9.88 Å². The number of aromatic nitrogens is 1. The van der Waals surface area contributed by atoms with Crippen LogP contribution in [-0.4, -0.2) is 39.1 Å². The molecule has 1 aliphatic heterocycles. The largest absolute Gasteiger partial charge is 0.309 e. The Morgan fingerprint density at radius 2 is 1.92 bits per heavy atom. The van der Waals surface area contributed by atoms with Crippen LogP contribution in [0.25, 0.3) is 0 Å². The van der Waals surface area contributed by atoms with Gasteiger partial charge < -0.3 is 5.32 Å². The number of nitrogens with one attached hydrogen (secondary N) is 1. The van der Waals surface area contributed by atoms with E-state index in [1.807, 2.05) is 0 Å². The lowest BCUT2D eigenvalue weighted by Gasteiger charge is -2.13. The highest BCUT2D eigenvalue weighted by molar-refractivity contribution is 9.10. The van der Waals surface area contributed by atoms with Gasteiger partial charge in [0.05, 0.1) is 16.1 Å². The van der Waals surface area contributed by atoms with Crippen molar-refractivity contribution in [3.63, 3.8) is 0 Å². The Balaban J connectivity index is 1.76. The number of nitrogens with zero attached hydrogens (tertiary/aromatic N) is 3. The smallest absolute Gasteiger partial charge is 0.270 e. The number of hydrogen-bond acceptors (Lipinski definition) is 6. The van der Waals surface area contributed by atoms with Crippen LogP contribution in [-0.2, 0) is 4.79 Å². The normalized spacial score (nSPS) is 12.9. The Kier molecular flexibility index (Phi) is 4.28. The van der Waals surface area contributed by atoms with Gasteiger partial charge in [0.15, 0.2) is 0 Å². The Morgan fingerprint density at radius 1 is 1.20 bits per heavy atom. The van der Waals surface area contributed by atoms with Crippen LogP contribution in [0, 0.1) is 10.1 Å². The standard InChI is InChI=1S/C15H9BrN4O5/c16-8-1-4-12(17-6-8)18-13(21)7-19-14(22)10-3-2-9(20(24)25)5-11(10)15(19)23/h1-6H,7H2,(H,17,18,21). The molecule has 0 saturated heterocycles. The Hall–Kier alpha value is -3.14.